The average Bonchev–Trinajstić information content (AvgIpc) is 2.91. The maximum atomic E-state index is 13.1. The van der Waals surface area contributed by atoms with Crippen LogP contribution in [0.15, 0.2) is 16.7 Å². The van der Waals surface area contributed by atoms with Crippen LogP contribution in [-0.4, -0.2) is 22.1 Å². The van der Waals surface area contributed by atoms with E-state index in [9.17, 15) is 13.2 Å². The first-order valence-corrected chi connectivity index (χ1v) is 7.15. The van der Waals surface area contributed by atoms with Gasteiger partial charge in [0.05, 0.1) is 6.04 Å². The van der Waals surface area contributed by atoms with Gasteiger partial charge in [-0.15, -0.1) is 0 Å². The summed E-state index contributed by atoms with van der Waals surface area (Å²) in [6.07, 6.45) is 2.57. The highest BCUT2D eigenvalue weighted by Crippen LogP contribution is 2.23. The molecule has 1 unspecified atom stereocenters. The lowest BCUT2D eigenvalue weighted by Crippen LogP contribution is -2.11. The minimum atomic E-state index is -1.53. The minimum absolute atomic E-state index is 0.00605. The summed E-state index contributed by atoms with van der Waals surface area (Å²) < 4.78 is 44.1. The topological polar surface area (TPSA) is 64.9 Å². The molecule has 0 bridgehead atoms. The largest absolute Gasteiger partial charge is 0.337 e. The van der Waals surface area contributed by atoms with Crippen molar-refractivity contribution in [3.8, 4) is 11.4 Å². The molecule has 0 saturated carbocycles. The van der Waals surface area contributed by atoms with Crippen molar-refractivity contribution in [2.45, 2.75) is 12.5 Å². The number of aromatic nitrogens is 2. The van der Waals surface area contributed by atoms with Crippen molar-refractivity contribution in [1.29, 1.82) is 0 Å². The van der Waals surface area contributed by atoms with Crippen molar-refractivity contribution in [3.63, 3.8) is 0 Å². The summed E-state index contributed by atoms with van der Waals surface area (Å²) in [5.41, 5.74) is 5.83. The normalized spacial score (nSPS) is 12.7. The summed E-state index contributed by atoms with van der Waals surface area (Å²) in [7, 11) is 0. The molecule has 0 saturated heterocycles. The van der Waals surface area contributed by atoms with E-state index >= 15 is 0 Å². The fraction of sp³-hybridized carbons (Fsp3) is 0.333. The molecular weight excluding hydrogens is 291 g/mol. The first kappa shape index (κ1) is 14.9. The molecule has 0 fully saturated rings. The van der Waals surface area contributed by atoms with E-state index in [0.717, 1.165) is 17.9 Å². The van der Waals surface area contributed by atoms with Gasteiger partial charge in [-0.3, -0.25) is 0 Å². The van der Waals surface area contributed by atoms with Crippen LogP contribution in [0, 0.1) is 17.5 Å². The summed E-state index contributed by atoms with van der Waals surface area (Å²) in [5.74, 6) is -3.18. The molecule has 1 aromatic carbocycles. The highest BCUT2D eigenvalue weighted by Gasteiger charge is 2.18. The molecule has 1 atom stereocenters. The van der Waals surface area contributed by atoms with Crippen molar-refractivity contribution in [1.82, 2.24) is 10.1 Å². The van der Waals surface area contributed by atoms with Crippen molar-refractivity contribution < 1.29 is 17.7 Å². The molecule has 2 aromatic rings. The fourth-order valence-electron chi connectivity index (χ4n) is 1.56. The van der Waals surface area contributed by atoms with Crippen molar-refractivity contribution in [2.75, 3.05) is 12.0 Å². The lowest BCUT2D eigenvalue weighted by atomic mass is 10.2. The summed E-state index contributed by atoms with van der Waals surface area (Å²) in [6, 6.07) is 1.17. The van der Waals surface area contributed by atoms with Crippen LogP contribution in [-0.2, 0) is 0 Å². The van der Waals surface area contributed by atoms with Gasteiger partial charge < -0.3 is 10.3 Å². The zero-order valence-corrected chi connectivity index (χ0v) is 11.4. The summed E-state index contributed by atoms with van der Waals surface area (Å²) in [5, 5.41) is 3.60. The van der Waals surface area contributed by atoms with Crippen LogP contribution < -0.4 is 5.73 Å². The Hall–Kier alpha value is -1.54. The van der Waals surface area contributed by atoms with Gasteiger partial charge in [0, 0.05) is 5.56 Å². The van der Waals surface area contributed by atoms with Crippen LogP contribution in [0.4, 0.5) is 13.2 Å². The Bertz CT molecular complexity index is 582. The molecule has 0 spiro atoms. The third kappa shape index (κ3) is 3.13. The Balaban J connectivity index is 2.24. The summed E-state index contributed by atoms with van der Waals surface area (Å²) in [4.78, 5) is 3.98. The van der Waals surface area contributed by atoms with E-state index in [2.05, 4.69) is 10.1 Å². The zero-order chi connectivity index (χ0) is 14.7. The Kier molecular flexibility index (Phi) is 4.66. The molecule has 0 radical (unpaired) electrons. The molecule has 1 aromatic heterocycles. The maximum Gasteiger partial charge on any atom is 0.243 e. The molecule has 2 N–H and O–H groups in total. The second-order valence-electron chi connectivity index (χ2n) is 4.10. The predicted molar refractivity (Wildman–Crippen MR) is 69.5 cm³/mol. The number of nitrogens with two attached hydrogens (primary N) is 1. The van der Waals surface area contributed by atoms with Crippen LogP contribution in [0.3, 0.4) is 0 Å². The van der Waals surface area contributed by atoms with E-state index in [1.54, 1.807) is 11.8 Å². The van der Waals surface area contributed by atoms with Crippen LogP contribution in [0.5, 0.6) is 0 Å². The Morgan fingerprint density at radius 2 is 1.95 bits per heavy atom. The highest BCUT2D eigenvalue weighted by atomic mass is 32.2. The Morgan fingerprint density at radius 3 is 2.55 bits per heavy atom. The molecule has 0 aliphatic carbocycles. The van der Waals surface area contributed by atoms with Crippen molar-refractivity contribution >= 4 is 11.8 Å². The van der Waals surface area contributed by atoms with Gasteiger partial charge in [-0.1, -0.05) is 5.16 Å². The second kappa shape index (κ2) is 6.27. The molecule has 1 heterocycles. The standard InChI is InChI=1S/C12H12F3N3OS/c1-20-3-2-9(16)12-17-11(18-19-12)6-4-7(13)10(15)8(14)5-6/h4-5,9H,2-3,16H2,1H3. The number of benzene rings is 1. The SMILES string of the molecule is CSCCC(N)c1nc(-c2cc(F)c(F)c(F)c2)no1. The highest BCUT2D eigenvalue weighted by molar-refractivity contribution is 7.98. The Morgan fingerprint density at radius 1 is 1.30 bits per heavy atom. The van der Waals surface area contributed by atoms with Gasteiger partial charge in [0.1, 0.15) is 0 Å². The van der Waals surface area contributed by atoms with E-state index in [0.29, 0.717) is 6.42 Å². The fourth-order valence-corrected chi connectivity index (χ4v) is 2.05. The first-order chi connectivity index (χ1) is 9.52. The predicted octanol–water partition coefficient (Wildman–Crippen LogP) is 2.91. The molecule has 0 aliphatic rings. The summed E-state index contributed by atoms with van der Waals surface area (Å²) >= 11 is 1.62. The van der Waals surface area contributed by atoms with Crippen molar-refractivity contribution in [2.24, 2.45) is 5.73 Å². The van der Waals surface area contributed by atoms with Gasteiger partial charge in [-0.05, 0) is 30.6 Å². The van der Waals surface area contributed by atoms with E-state index < -0.39 is 23.5 Å². The Labute approximate surface area is 117 Å². The van der Waals surface area contributed by atoms with Crippen molar-refractivity contribution in [3.05, 3.63) is 35.5 Å². The molecule has 4 nitrogen and oxygen atoms in total. The maximum absolute atomic E-state index is 13.1. The number of hydrogen-bond acceptors (Lipinski definition) is 5. The molecule has 108 valence electrons. The minimum Gasteiger partial charge on any atom is -0.337 e. The second-order valence-corrected chi connectivity index (χ2v) is 5.08. The lowest BCUT2D eigenvalue weighted by molar-refractivity contribution is 0.353. The first-order valence-electron chi connectivity index (χ1n) is 5.76. The van der Waals surface area contributed by atoms with Gasteiger partial charge in [-0.25, -0.2) is 13.2 Å². The zero-order valence-electron chi connectivity index (χ0n) is 10.6. The molecule has 2 rings (SSSR count). The molecule has 20 heavy (non-hydrogen) atoms. The average molecular weight is 303 g/mol. The molecule has 0 amide bonds. The molecule has 8 heteroatoms. The van der Waals surface area contributed by atoms with Gasteiger partial charge in [0.15, 0.2) is 17.5 Å². The molecule has 0 aliphatic heterocycles. The number of thioether (sulfide) groups is 1. The van der Waals surface area contributed by atoms with E-state index in [-0.39, 0.29) is 17.3 Å². The van der Waals surface area contributed by atoms with Crippen LogP contribution >= 0.6 is 11.8 Å². The molecular formula is C12H12F3N3OS. The van der Waals surface area contributed by atoms with Crippen LogP contribution in [0.1, 0.15) is 18.4 Å². The monoisotopic (exact) mass is 303 g/mol. The van der Waals surface area contributed by atoms with Gasteiger partial charge >= 0.3 is 0 Å². The quantitative estimate of drug-likeness (QED) is 0.860. The van der Waals surface area contributed by atoms with Crippen LogP contribution in [0.2, 0.25) is 0 Å². The van der Waals surface area contributed by atoms with E-state index in [4.69, 9.17) is 10.3 Å². The van der Waals surface area contributed by atoms with Gasteiger partial charge in [0.25, 0.3) is 0 Å². The third-order valence-corrected chi connectivity index (χ3v) is 3.28. The van der Waals surface area contributed by atoms with Gasteiger partial charge in [0.2, 0.25) is 11.7 Å². The third-order valence-electron chi connectivity index (χ3n) is 2.63. The van der Waals surface area contributed by atoms with E-state index in [1.807, 2.05) is 6.26 Å². The summed E-state index contributed by atoms with van der Waals surface area (Å²) in [6.45, 7) is 0. The van der Waals surface area contributed by atoms with E-state index in [1.165, 1.54) is 0 Å². The van der Waals surface area contributed by atoms with Gasteiger partial charge in [-0.2, -0.15) is 16.7 Å². The van der Waals surface area contributed by atoms with Crippen LogP contribution in [0.25, 0.3) is 11.4 Å². The number of rotatable bonds is 5. The number of halogens is 3. The number of nitrogens with zero attached hydrogens (tertiary/aromatic N) is 2. The number of hydrogen-bond donors (Lipinski definition) is 1. The lowest BCUT2D eigenvalue weighted by Gasteiger charge is -2.03. The smallest absolute Gasteiger partial charge is 0.243 e.